The third-order valence-corrected chi connectivity index (χ3v) is 2.01. The van der Waals surface area contributed by atoms with Gasteiger partial charge in [0.05, 0.1) is 0 Å². The Morgan fingerprint density at radius 2 is 2.17 bits per heavy atom. The van der Waals surface area contributed by atoms with Crippen molar-refractivity contribution in [3.8, 4) is 0 Å². The summed E-state index contributed by atoms with van der Waals surface area (Å²) in [5, 5.41) is 0.563. The van der Waals surface area contributed by atoms with Crippen LogP contribution in [0.25, 0.3) is 0 Å². The minimum Gasteiger partial charge on any atom is -0.370 e. The molecule has 0 saturated heterocycles. The van der Waals surface area contributed by atoms with E-state index >= 15 is 0 Å². The van der Waals surface area contributed by atoms with Crippen molar-refractivity contribution < 1.29 is 32.7 Å². The van der Waals surface area contributed by atoms with Gasteiger partial charge in [-0.05, 0) is 0 Å². The Morgan fingerprint density at radius 1 is 1.58 bits per heavy atom. The van der Waals surface area contributed by atoms with E-state index in [0.29, 0.717) is 5.13 Å². The van der Waals surface area contributed by atoms with Gasteiger partial charge in [-0.25, -0.2) is 6.92 Å². The fraction of sp³-hybridized carbons (Fsp3) is 0.167. The molecule has 0 aliphatic carbocycles. The first-order valence-corrected chi connectivity index (χ1v) is 3.80. The molecule has 1 aromatic heterocycles. The van der Waals surface area contributed by atoms with Crippen LogP contribution in [0.1, 0.15) is 10.6 Å². The summed E-state index contributed by atoms with van der Waals surface area (Å²) in [6.07, 6.45) is 0. The van der Waals surface area contributed by atoms with Crippen molar-refractivity contribution in [2.24, 2.45) is 16.5 Å². The van der Waals surface area contributed by atoms with Crippen molar-refractivity contribution in [3.63, 3.8) is 0 Å². The van der Waals surface area contributed by atoms with Crippen molar-refractivity contribution in [3.05, 3.63) is 17.5 Å². The smallest absolute Gasteiger partial charge is 0.193 e. The summed E-state index contributed by atoms with van der Waals surface area (Å²) < 4.78 is 0. The molecule has 1 rings (SSSR count). The van der Waals surface area contributed by atoms with Gasteiger partial charge in [0.15, 0.2) is 11.1 Å². The van der Waals surface area contributed by atoms with Gasteiger partial charge in [0.25, 0.3) is 0 Å². The summed E-state index contributed by atoms with van der Waals surface area (Å²) in [7, 11) is 0. The zero-order valence-corrected chi connectivity index (χ0v) is 10.4. The van der Waals surface area contributed by atoms with Gasteiger partial charge in [0.2, 0.25) is 0 Å². The monoisotopic (exact) mass is 258 g/mol. The van der Waals surface area contributed by atoms with Gasteiger partial charge in [-0.15, -0.1) is 16.2 Å². The molecule has 6 heteroatoms. The third kappa shape index (κ3) is 3.09. The predicted molar refractivity (Wildman–Crippen MR) is 46.8 cm³/mol. The molecule has 0 aliphatic heterocycles. The summed E-state index contributed by atoms with van der Waals surface area (Å²) >= 11 is 1.37. The van der Waals surface area contributed by atoms with Gasteiger partial charge in [0.1, 0.15) is 0 Å². The molecule has 63 valence electrons. The second-order valence-electron chi connectivity index (χ2n) is 2.04. The van der Waals surface area contributed by atoms with Crippen LogP contribution in [0.2, 0.25) is 0 Å². The van der Waals surface area contributed by atoms with Gasteiger partial charge in [0, 0.05) is 32.7 Å². The second-order valence-corrected chi connectivity index (χ2v) is 3.10. The molecule has 0 amide bonds. The zero-order chi connectivity index (χ0) is 8.43. The number of nitrogens with two attached hydrogens (primary N) is 2. The fourth-order valence-corrected chi connectivity index (χ4v) is 1.32. The predicted octanol–water partition coefficient (Wildman–Crippen LogP) is 0.536. The molecule has 0 aliphatic rings. The van der Waals surface area contributed by atoms with E-state index in [4.69, 9.17) is 11.5 Å². The summed E-state index contributed by atoms with van der Waals surface area (Å²) in [5.74, 6) is 0.0266. The van der Waals surface area contributed by atoms with Crippen LogP contribution in [-0.2, 0) is 32.7 Å². The molecular formula is C6H9N4SY-. The van der Waals surface area contributed by atoms with E-state index in [0.717, 1.165) is 10.6 Å². The Hall–Kier alpha value is -0.126. The Morgan fingerprint density at radius 3 is 2.50 bits per heavy atom. The van der Waals surface area contributed by atoms with Crippen LogP contribution in [0.5, 0.6) is 0 Å². The van der Waals surface area contributed by atoms with E-state index in [-0.39, 0.29) is 38.7 Å². The molecule has 0 saturated carbocycles. The van der Waals surface area contributed by atoms with Crippen LogP contribution < -0.4 is 11.5 Å². The average molecular weight is 258 g/mol. The molecular weight excluding hydrogens is 249 g/mol. The van der Waals surface area contributed by atoms with Gasteiger partial charge in [-0.2, -0.15) is 4.99 Å². The number of nitrogens with zero attached hydrogens (tertiary/aromatic N) is 2. The minimum absolute atomic E-state index is 0. The van der Waals surface area contributed by atoms with E-state index in [2.05, 4.69) is 16.9 Å². The first kappa shape index (κ1) is 11.9. The Kier molecular flexibility index (Phi) is 4.74. The SMILES string of the molecule is [CH2-]c1sc(N=C(N)N)nc1C.[Y]. The summed E-state index contributed by atoms with van der Waals surface area (Å²) in [4.78, 5) is 8.73. The quantitative estimate of drug-likeness (QED) is 0.438. The van der Waals surface area contributed by atoms with Crippen molar-refractivity contribution >= 4 is 22.4 Å². The van der Waals surface area contributed by atoms with Gasteiger partial charge in [-0.1, -0.05) is 12.6 Å². The molecule has 0 unspecified atom stereocenters. The number of thiazole rings is 1. The Bertz CT molecular complexity index is 270. The van der Waals surface area contributed by atoms with Gasteiger partial charge < -0.3 is 16.5 Å². The second kappa shape index (κ2) is 4.79. The van der Waals surface area contributed by atoms with Crippen LogP contribution in [0, 0.1) is 13.8 Å². The molecule has 1 radical (unpaired) electrons. The molecule has 0 fully saturated rings. The van der Waals surface area contributed by atoms with Gasteiger partial charge >= 0.3 is 0 Å². The molecule has 0 spiro atoms. The van der Waals surface area contributed by atoms with Crippen molar-refractivity contribution in [1.29, 1.82) is 0 Å². The van der Waals surface area contributed by atoms with Crippen LogP contribution in [0.15, 0.2) is 4.99 Å². The van der Waals surface area contributed by atoms with Crippen molar-refractivity contribution in [2.45, 2.75) is 6.92 Å². The summed E-state index contributed by atoms with van der Waals surface area (Å²) in [6.45, 7) is 5.62. The zero-order valence-electron chi connectivity index (χ0n) is 6.74. The van der Waals surface area contributed by atoms with Crippen molar-refractivity contribution in [2.75, 3.05) is 0 Å². The Labute approximate surface area is 100 Å². The summed E-state index contributed by atoms with van der Waals surface area (Å²) in [5.41, 5.74) is 11.2. The number of guanidine groups is 1. The van der Waals surface area contributed by atoms with E-state index < -0.39 is 0 Å². The molecule has 1 aromatic rings. The molecule has 1 heterocycles. The minimum atomic E-state index is 0. The first-order valence-electron chi connectivity index (χ1n) is 2.98. The van der Waals surface area contributed by atoms with E-state index in [9.17, 15) is 0 Å². The summed E-state index contributed by atoms with van der Waals surface area (Å²) in [6, 6.07) is 0. The van der Waals surface area contributed by atoms with Crippen LogP contribution in [0.4, 0.5) is 5.13 Å². The first-order chi connectivity index (χ1) is 5.09. The number of aromatic nitrogens is 1. The molecule has 0 atom stereocenters. The maximum atomic E-state index is 5.16. The maximum absolute atomic E-state index is 5.16. The molecule has 0 bridgehead atoms. The topological polar surface area (TPSA) is 77.3 Å². The van der Waals surface area contributed by atoms with E-state index in [1.807, 2.05) is 6.92 Å². The normalized spacial score (nSPS) is 8.75. The Balaban J connectivity index is 0.00000121. The molecule has 12 heavy (non-hydrogen) atoms. The standard InChI is InChI=1S/C6H9N4S.Y/c1-3-4(2)11-6(9-3)10-5(7)8;/h2H2,1H3,(H4,7,8,9,10);/q-1;. The number of aryl methyl sites for hydroxylation is 1. The van der Waals surface area contributed by atoms with E-state index in [1.165, 1.54) is 11.3 Å². The fourth-order valence-electron chi connectivity index (χ4n) is 0.571. The van der Waals surface area contributed by atoms with Crippen LogP contribution >= 0.6 is 11.3 Å². The number of rotatable bonds is 1. The average Bonchev–Trinajstić information content (AvgIpc) is 2.10. The molecule has 0 aromatic carbocycles. The van der Waals surface area contributed by atoms with Crippen LogP contribution in [0.3, 0.4) is 0 Å². The van der Waals surface area contributed by atoms with E-state index in [1.54, 1.807) is 0 Å². The number of hydrogen-bond acceptors (Lipinski definition) is 3. The van der Waals surface area contributed by atoms with Crippen LogP contribution in [-0.4, -0.2) is 10.9 Å². The largest absolute Gasteiger partial charge is 0.370 e. The number of aliphatic imine (C=N–C) groups is 1. The molecule has 4 N–H and O–H groups in total. The number of hydrogen-bond donors (Lipinski definition) is 2. The van der Waals surface area contributed by atoms with Crippen molar-refractivity contribution in [1.82, 2.24) is 4.98 Å². The van der Waals surface area contributed by atoms with Gasteiger partial charge in [-0.3, -0.25) is 0 Å². The molecule has 4 nitrogen and oxygen atoms in total. The maximum Gasteiger partial charge on any atom is 0.193 e. The third-order valence-electron chi connectivity index (χ3n) is 1.11.